The van der Waals surface area contributed by atoms with Crippen LogP contribution in [0.25, 0.3) is 0 Å². The van der Waals surface area contributed by atoms with Gasteiger partial charge in [-0.1, -0.05) is 30.3 Å². The number of halogens is 2. The zero-order valence-corrected chi connectivity index (χ0v) is 17.5. The molecule has 0 unspecified atom stereocenters. The third-order valence-electron chi connectivity index (χ3n) is 4.71. The summed E-state index contributed by atoms with van der Waals surface area (Å²) in [7, 11) is 1.61. The van der Waals surface area contributed by atoms with Crippen molar-refractivity contribution >= 4 is 36.4 Å². The number of carbonyl (C=O) groups is 2. The van der Waals surface area contributed by atoms with E-state index in [-0.39, 0.29) is 36.4 Å². The van der Waals surface area contributed by atoms with Crippen LogP contribution in [0.4, 0.5) is 0 Å². The van der Waals surface area contributed by atoms with E-state index in [2.05, 4.69) is 9.80 Å². The zero-order chi connectivity index (χ0) is 18.4. The summed E-state index contributed by atoms with van der Waals surface area (Å²) in [4.78, 5) is 29.0. The Bertz CT molecular complexity index is 746. The number of hydrogen-bond donors (Lipinski definition) is 0. The SMILES string of the molecule is COc1ccc(C(=O)CN2CCN(CC(=O)c3ccccc3)CC2)cc1.Cl.Cl. The minimum Gasteiger partial charge on any atom is -0.497 e. The number of nitrogens with zero attached hydrogens (tertiary/aromatic N) is 2. The molecule has 2 aromatic rings. The highest BCUT2D eigenvalue weighted by Gasteiger charge is 2.21. The Morgan fingerprint density at radius 1 is 0.750 bits per heavy atom. The van der Waals surface area contributed by atoms with Crippen LogP contribution in [0.5, 0.6) is 5.75 Å². The van der Waals surface area contributed by atoms with Crippen molar-refractivity contribution in [1.29, 1.82) is 0 Å². The quantitative estimate of drug-likeness (QED) is 0.638. The molecule has 1 saturated heterocycles. The molecule has 0 aromatic heterocycles. The molecule has 7 heteroatoms. The van der Waals surface area contributed by atoms with Gasteiger partial charge in [-0.15, -0.1) is 24.8 Å². The molecule has 0 N–H and O–H groups in total. The molecule has 3 rings (SSSR count). The van der Waals surface area contributed by atoms with Gasteiger partial charge in [0.05, 0.1) is 20.2 Å². The first-order chi connectivity index (χ1) is 12.7. The minimum atomic E-state index is 0. The van der Waals surface area contributed by atoms with Crippen molar-refractivity contribution < 1.29 is 14.3 Å². The number of hydrogen-bond acceptors (Lipinski definition) is 5. The van der Waals surface area contributed by atoms with E-state index < -0.39 is 0 Å². The van der Waals surface area contributed by atoms with Gasteiger partial charge in [-0.3, -0.25) is 19.4 Å². The number of Topliss-reactive ketones (excluding diaryl/α,β-unsaturated/α-hetero) is 2. The summed E-state index contributed by atoms with van der Waals surface area (Å²) >= 11 is 0. The molecule has 152 valence electrons. The summed E-state index contributed by atoms with van der Waals surface area (Å²) < 4.78 is 5.12. The molecular formula is C21H26Cl2N2O3. The molecule has 0 spiro atoms. The summed E-state index contributed by atoms with van der Waals surface area (Å²) in [5.41, 5.74) is 1.46. The highest BCUT2D eigenvalue weighted by molar-refractivity contribution is 5.98. The van der Waals surface area contributed by atoms with Crippen LogP contribution < -0.4 is 4.74 Å². The van der Waals surface area contributed by atoms with Crippen LogP contribution in [0.1, 0.15) is 20.7 Å². The lowest BCUT2D eigenvalue weighted by molar-refractivity contribution is 0.0783. The van der Waals surface area contributed by atoms with E-state index in [1.165, 1.54) is 0 Å². The topological polar surface area (TPSA) is 49.9 Å². The van der Waals surface area contributed by atoms with E-state index in [1.54, 1.807) is 31.4 Å². The first-order valence-corrected chi connectivity index (χ1v) is 8.86. The Morgan fingerprint density at radius 3 is 1.61 bits per heavy atom. The fourth-order valence-electron chi connectivity index (χ4n) is 3.10. The lowest BCUT2D eigenvalue weighted by atomic mass is 10.1. The minimum absolute atomic E-state index is 0. The van der Waals surface area contributed by atoms with Gasteiger partial charge in [0, 0.05) is 37.3 Å². The molecule has 2 aromatic carbocycles. The number of carbonyl (C=O) groups excluding carboxylic acids is 2. The molecule has 1 aliphatic rings. The largest absolute Gasteiger partial charge is 0.497 e. The van der Waals surface area contributed by atoms with Crippen LogP contribution in [-0.4, -0.2) is 67.7 Å². The standard InChI is InChI=1S/C21H24N2O3.2ClH/c1-26-19-9-7-18(8-10-19)21(25)16-23-13-11-22(12-14-23)15-20(24)17-5-3-2-4-6-17;;/h2-10H,11-16H2,1H3;2*1H. The van der Waals surface area contributed by atoms with Crippen molar-refractivity contribution in [2.45, 2.75) is 0 Å². The number of methoxy groups -OCH3 is 1. The molecule has 1 aliphatic heterocycles. The van der Waals surface area contributed by atoms with Gasteiger partial charge in [0.15, 0.2) is 11.6 Å². The Morgan fingerprint density at radius 2 is 1.18 bits per heavy atom. The van der Waals surface area contributed by atoms with E-state index in [0.717, 1.165) is 37.5 Å². The monoisotopic (exact) mass is 424 g/mol. The maximum Gasteiger partial charge on any atom is 0.176 e. The van der Waals surface area contributed by atoms with Crippen LogP contribution in [-0.2, 0) is 0 Å². The van der Waals surface area contributed by atoms with Gasteiger partial charge in [-0.25, -0.2) is 0 Å². The van der Waals surface area contributed by atoms with Gasteiger partial charge in [-0.05, 0) is 24.3 Å². The Labute approximate surface area is 178 Å². The first kappa shape index (κ1) is 24.1. The van der Waals surface area contributed by atoms with Crippen LogP contribution in [0.15, 0.2) is 54.6 Å². The Kier molecular flexibility index (Phi) is 10.2. The van der Waals surface area contributed by atoms with Gasteiger partial charge >= 0.3 is 0 Å². The third-order valence-corrected chi connectivity index (χ3v) is 4.71. The molecule has 0 radical (unpaired) electrons. The summed E-state index contributed by atoms with van der Waals surface area (Å²) in [6, 6.07) is 16.6. The summed E-state index contributed by atoms with van der Waals surface area (Å²) in [5.74, 6) is 1.01. The fraction of sp³-hybridized carbons (Fsp3) is 0.333. The van der Waals surface area contributed by atoms with Crippen molar-refractivity contribution in [1.82, 2.24) is 9.80 Å². The number of benzene rings is 2. The normalized spacial score (nSPS) is 14.5. The second-order valence-electron chi connectivity index (χ2n) is 6.49. The molecular weight excluding hydrogens is 399 g/mol. The smallest absolute Gasteiger partial charge is 0.176 e. The second kappa shape index (κ2) is 11.8. The lowest BCUT2D eigenvalue weighted by Gasteiger charge is -2.33. The van der Waals surface area contributed by atoms with Gasteiger partial charge in [0.1, 0.15) is 5.75 Å². The Balaban J connectivity index is 0.00000196. The van der Waals surface area contributed by atoms with Crippen molar-refractivity contribution in [2.75, 3.05) is 46.4 Å². The third kappa shape index (κ3) is 6.60. The molecule has 28 heavy (non-hydrogen) atoms. The second-order valence-corrected chi connectivity index (χ2v) is 6.49. The maximum atomic E-state index is 12.4. The van der Waals surface area contributed by atoms with Gasteiger partial charge in [0.2, 0.25) is 0 Å². The summed E-state index contributed by atoms with van der Waals surface area (Å²) in [6.45, 7) is 4.04. The van der Waals surface area contributed by atoms with Crippen molar-refractivity contribution in [2.24, 2.45) is 0 Å². The van der Waals surface area contributed by atoms with E-state index >= 15 is 0 Å². The van der Waals surface area contributed by atoms with Crippen molar-refractivity contribution in [3.63, 3.8) is 0 Å². The lowest BCUT2D eigenvalue weighted by Crippen LogP contribution is -2.49. The number of piperazine rings is 1. The number of ether oxygens (including phenoxy) is 1. The summed E-state index contributed by atoms with van der Waals surface area (Å²) in [6.07, 6.45) is 0. The van der Waals surface area contributed by atoms with Crippen LogP contribution in [0.3, 0.4) is 0 Å². The number of ketones is 2. The number of rotatable bonds is 7. The van der Waals surface area contributed by atoms with E-state index in [1.807, 2.05) is 30.3 Å². The van der Waals surface area contributed by atoms with Gasteiger partial charge in [0.25, 0.3) is 0 Å². The predicted octanol–water partition coefficient (Wildman–Crippen LogP) is 3.22. The van der Waals surface area contributed by atoms with Crippen molar-refractivity contribution in [3.8, 4) is 5.75 Å². The molecule has 1 heterocycles. The molecule has 0 amide bonds. The maximum absolute atomic E-state index is 12.4. The average Bonchev–Trinajstić information content (AvgIpc) is 2.70. The highest BCUT2D eigenvalue weighted by atomic mass is 35.5. The van der Waals surface area contributed by atoms with Crippen LogP contribution in [0, 0.1) is 0 Å². The van der Waals surface area contributed by atoms with Crippen molar-refractivity contribution in [3.05, 3.63) is 65.7 Å². The predicted molar refractivity (Wildman–Crippen MR) is 115 cm³/mol. The molecule has 5 nitrogen and oxygen atoms in total. The van der Waals surface area contributed by atoms with E-state index in [4.69, 9.17) is 4.74 Å². The molecule has 0 aliphatic carbocycles. The van der Waals surface area contributed by atoms with Gasteiger partial charge < -0.3 is 4.74 Å². The fourth-order valence-corrected chi connectivity index (χ4v) is 3.10. The summed E-state index contributed by atoms with van der Waals surface area (Å²) in [5, 5.41) is 0. The average molecular weight is 425 g/mol. The molecule has 0 atom stereocenters. The van der Waals surface area contributed by atoms with Gasteiger partial charge in [-0.2, -0.15) is 0 Å². The molecule has 0 saturated carbocycles. The zero-order valence-electron chi connectivity index (χ0n) is 15.9. The first-order valence-electron chi connectivity index (χ1n) is 8.86. The Hall–Kier alpha value is -1.92. The highest BCUT2D eigenvalue weighted by Crippen LogP contribution is 2.13. The molecule has 0 bridgehead atoms. The van der Waals surface area contributed by atoms with E-state index in [0.29, 0.717) is 18.7 Å². The van der Waals surface area contributed by atoms with Crippen LogP contribution in [0.2, 0.25) is 0 Å². The molecule has 1 fully saturated rings. The van der Waals surface area contributed by atoms with Crippen LogP contribution >= 0.6 is 24.8 Å². The van der Waals surface area contributed by atoms with E-state index in [9.17, 15) is 9.59 Å².